The minimum Gasteiger partial charge on any atom is -0.456 e. The monoisotopic (exact) mass is 748 g/mol. The van der Waals surface area contributed by atoms with E-state index < -0.39 is 0 Å². The Morgan fingerprint density at radius 3 is 1.72 bits per heavy atom. The van der Waals surface area contributed by atoms with Gasteiger partial charge in [-0.3, -0.25) is 0 Å². The molecule has 0 saturated heterocycles. The molecule has 0 N–H and O–H groups in total. The normalized spacial score (nSPS) is 11.9. The van der Waals surface area contributed by atoms with Crippen LogP contribution in [0.3, 0.4) is 0 Å². The predicted molar refractivity (Wildman–Crippen MR) is 241 cm³/mol. The Kier molecular flexibility index (Phi) is 7.06. The average Bonchev–Trinajstić information content (AvgIpc) is 3.95. The molecule has 12 aromatic rings. The summed E-state index contributed by atoms with van der Waals surface area (Å²) in [5.74, 6) is 0. The van der Waals surface area contributed by atoms with E-state index in [0.717, 1.165) is 83.4 Å². The van der Waals surface area contributed by atoms with Gasteiger partial charge in [-0.2, -0.15) is 0 Å². The van der Waals surface area contributed by atoms with Gasteiger partial charge < -0.3 is 18.6 Å². The van der Waals surface area contributed by atoms with E-state index in [9.17, 15) is 0 Å². The molecule has 0 amide bonds. The zero-order valence-corrected chi connectivity index (χ0v) is 31.4. The third kappa shape index (κ3) is 5.06. The number of rotatable bonds is 6. The first-order chi connectivity index (χ1) is 28.2. The maximum Gasteiger partial charge on any atom is 0.137 e. The number of anilines is 6. The molecule has 4 nitrogen and oxygen atoms in total. The van der Waals surface area contributed by atoms with Gasteiger partial charge in [-0.15, -0.1) is 11.3 Å². The van der Waals surface area contributed by atoms with E-state index >= 15 is 0 Å². The molecular weight excluding hydrogens is 717 g/mol. The topological polar surface area (TPSA) is 32.8 Å². The summed E-state index contributed by atoms with van der Waals surface area (Å²) in [7, 11) is 0. The summed E-state index contributed by atoms with van der Waals surface area (Å²) in [6, 6.07) is 69.0. The van der Waals surface area contributed by atoms with E-state index in [-0.39, 0.29) is 0 Å². The molecule has 3 aromatic heterocycles. The van der Waals surface area contributed by atoms with Gasteiger partial charge in [0.1, 0.15) is 22.3 Å². The van der Waals surface area contributed by atoms with E-state index in [0.29, 0.717) is 0 Å². The first kappa shape index (κ1) is 32.0. The minimum atomic E-state index is 0.823. The molecule has 0 radical (unpaired) electrons. The molecule has 5 heteroatoms. The molecule has 12 rings (SSSR count). The lowest BCUT2D eigenvalue weighted by molar-refractivity contribution is 0.668. The van der Waals surface area contributed by atoms with Crippen LogP contribution in [0.25, 0.3) is 74.8 Å². The van der Waals surface area contributed by atoms with Crippen LogP contribution >= 0.6 is 11.3 Å². The van der Waals surface area contributed by atoms with Crippen molar-refractivity contribution in [1.82, 2.24) is 0 Å². The fourth-order valence-electron chi connectivity index (χ4n) is 8.59. The van der Waals surface area contributed by atoms with Gasteiger partial charge in [-0.1, -0.05) is 109 Å². The summed E-state index contributed by atoms with van der Waals surface area (Å²) in [4.78, 5) is 4.77. The van der Waals surface area contributed by atoms with Gasteiger partial charge in [0.15, 0.2) is 0 Å². The van der Waals surface area contributed by atoms with Gasteiger partial charge in [-0.05, 0) is 83.6 Å². The fraction of sp³-hybridized carbons (Fsp3) is 0. The maximum atomic E-state index is 6.84. The summed E-state index contributed by atoms with van der Waals surface area (Å²) in [5, 5.41) is 9.15. The molecule has 57 heavy (non-hydrogen) atoms. The van der Waals surface area contributed by atoms with Crippen LogP contribution < -0.4 is 9.80 Å². The Balaban J connectivity index is 1.20. The molecule has 9 aromatic carbocycles. The molecular formula is C52H32N2O2S. The Morgan fingerprint density at radius 2 is 0.895 bits per heavy atom. The van der Waals surface area contributed by atoms with E-state index in [1.165, 1.54) is 25.6 Å². The Bertz CT molecular complexity index is 3490. The highest BCUT2D eigenvalue weighted by Gasteiger charge is 2.27. The number of furan rings is 2. The van der Waals surface area contributed by atoms with Crippen LogP contribution in [0.15, 0.2) is 203 Å². The number of thiophene rings is 1. The highest BCUT2D eigenvalue weighted by molar-refractivity contribution is 7.26. The number of hydrogen-bond acceptors (Lipinski definition) is 5. The molecule has 0 bridgehead atoms. The maximum absolute atomic E-state index is 6.84. The highest BCUT2D eigenvalue weighted by Crippen LogP contribution is 2.52. The average molecular weight is 749 g/mol. The lowest BCUT2D eigenvalue weighted by Crippen LogP contribution is -2.17. The first-order valence-corrected chi connectivity index (χ1v) is 20.0. The van der Waals surface area contributed by atoms with Crippen LogP contribution in [-0.2, 0) is 0 Å². The quantitative estimate of drug-likeness (QED) is 0.170. The number of hydrogen-bond donors (Lipinski definition) is 0. The van der Waals surface area contributed by atoms with Crippen molar-refractivity contribution in [2.75, 3.05) is 9.80 Å². The number of fused-ring (bicyclic) bond motifs is 10. The highest BCUT2D eigenvalue weighted by atomic mass is 32.1. The van der Waals surface area contributed by atoms with Crippen LogP contribution in [0.4, 0.5) is 34.1 Å². The lowest BCUT2D eigenvalue weighted by atomic mass is 10.0. The summed E-state index contributed by atoms with van der Waals surface area (Å²) < 4.78 is 15.8. The second kappa shape index (κ2) is 12.6. The van der Waals surface area contributed by atoms with Gasteiger partial charge >= 0.3 is 0 Å². The summed E-state index contributed by atoms with van der Waals surface area (Å²) in [6.07, 6.45) is 0. The molecule has 0 saturated carbocycles. The molecule has 0 aliphatic rings. The number of nitrogens with zero attached hydrogens (tertiary/aromatic N) is 2. The summed E-state index contributed by atoms with van der Waals surface area (Å²) in [6.45, 7) is 0. The smallest absolute Gasteiger partial charge is 0.137 e. The first-order valence-electron chi connectivity index (χ1n) is 19.2. The van der Waals surface area contributed by atoms with Gasteiger partial charge in [0.05, 0.1) is 21.8 Å². The van der Waals surface area contributed by atoms with E-state index in [2.05, 4.69) is 192 Å². The van der Waals surface area contributed by atoms with E-state index in [4.69, 9.17) is 8.83 Å². The van der Waals surface area contributed by atoms with Crippen LogP contribution in [0.2, 0.25) is 0 Å². The third-order valence-corrected chi connectivity index (χ3v) is 12.4. The third-order valence-electron chi connectivity index (χ3n) is 11.2. The van der Waals surface area contributed by atoms with Crippen molar-refractivity contribution in [1.29, 1.82) is 0 Å². The van der Waals surface area contributed by atoms with Crippen LogP contribution in [0.1, 0.15) is 0 Å². The van der Waals surface area contributed by atoms with Crippen LogP contribution in [0, 0.1) is 0 Å². The summed E-state index contributed by atoms with van der Waals surface area (Å²) >= 11 is 1.83. The van der Waals surface area contributed by atoms with Crippen molar-refractivity contribution in [3.05, 3.63) is 194 Å². The van der Waals surface area contributed by atoms with E-state index in [1.54, 1.807) is 0 Å². The Labute approximate surface area is 331 Å². The molecule has 0 unspecified atom stereocenters. The van der Waals surface area contributed by atoms with Gasteiger partial charge in [0.2, 0.25) is 0 Å². The second-order valence-electron chi connectivity index (χ2n) is 14.5. The van der Waals surface area contributed by atoms with Crippen molar-refractivity contribution in [2.45, 2.75) is 0 Å². The standard InChI is InChI=1S/C52H32N2O2S/c1-3-16-35(17-4-1)53(37-26-27-39-38-20-9-11-24-47(38)55-49(39)30-37)45-31-43-42-28-33-14-7-8-15-34(33)29-48(42)56-50(43)32-46(45)54(36-18-5-2-6-19-36)44-23-13-22-41-40-21-10-12-25-51(40)57-52(41)44/h1-32H. The molecule has 0 aliphatic heterocycles. The fourth-order valence-corrected chi connectivity index (χ4v) is 9.80. The minimum absolute atomic E-state index is 0.823. The predicted octanol–water partition coefficient (Wildman–Crippen LogP) is 15.9. The summed E-state index contributed by atoms with van der Waals surface area (Å²) in [5.41, 5.74) is 9.55. The zero-order valence-electron chi connectivity index (χ0n) is 30.6. The molecule has 0 fully saturated rings. The van der Waals surface area contributed by atoms with Crippen LogP contribution in [0.5, 0.6) is 0 Å². The molecule has 3 heterocycles. The van der Waals surface area contributed by atoms with Gasteiger partial charge in [0, 0.05) is 66.2 Å². The van der Waals surface area contributed by atoms with Crippen molar-refractivity contribution >= 4 is 120 Å². The second-order valence-corrected chi connectivity index (χ2v) is 15.6. The van der Waals surface area contributed by atoms with Crippen molar-refractivity contribution in [3.8, 4) is 0 Å². The molecule has 0 atom stereocenters. The SMILES string of the molecule is c1ccc(N(c2ccc3c(c2)oc2ccccc23)c2cc3c(cc2N(c2ccccc2)c2cccc4c2sc2ccccc24)oc2cc4ccccc4cc23)cc1. The van der Waals surface area contributed by atoms with Crippen molar-refractivity contribution in [3.63, 3.8) is 0 Å². The van der Waals surface area contributed by atoms with Gasteiger partial charge in [0.25, 0.3) is 0 Å². The number of para-hydroxylation sites is 3. The largest absolute Gasteiger partial charge is 0.456 e. The number of benzene rings is 9. The van der Waals surface area contributed by atoms with Crippen molar-refractivity contribution in [2.24, 2.45) is 0 Å². The van der Waals surface area contributed by atoms with Crippen molar-refractivity contribution < 1.29 is 8.83 Å². The van der Waals surface area contributed by atoms with Crippen LogP contribution in [-0.4, -0.2) is 0 Å². The Morgan fingerprint density at radius 1 is 0.316 bits per heavy atom. The molecule has 0 aliphatic carbocycles. The molecule has 0 spiro atoms. The Hall–Kier alpha value is -7.34. The zero-order chi connectivity index (χ0) is 37.5. The van der Waals surface area contributed by atoms with E-state index in [1.807, 2.05) is 23.5 Å². The lowest BCUT2D eigenvalue weighted by Gasteiger charge is -2.33. The molecule has 268 valence electrons. The van der Waals surface area contributed by atoms with Gasteiger partial charge in [-0.25, -0.2) is 0 Å².